The first-order valence-electron chi connectivity index (χ1n) is 8.57. The molecule has 1 aliphatic heterocycles. The molecule has 0 bridgehead atoms. The fourth-order valence-corrected chi connectivity index (χ4v) is 3.59. The molecule has 1 heterocycles. The highest BCUT2D eigenvalue weighted by molar-refractivity contribution is 8.13. The molecule has 8 heteroatoms. The Morgan fingerprint density at radius 2 is 2.19 bits per heavy atom. The Labute approximate surface area is 157 Å². The lowest BCUT2D eigenvalue weighted by Gasteiger charge is -2.25. The van der Waals surface area contributed by atoms with Gasteiger partial charge < -0.3 is 10.1 Å². The second-order valence-electron chi connectivity index (χ2n) is 5.78. The quantitative estimate of drug-likeness (QED) is 0.334. The van der Waals surface area contributed by atoms with Gasteiger partial charge >= 0.3 is 5.97 Å². The third kappa shape index (κ3) is 4.85. The molecule has 2 rings (SSSR count). The number of allylic oxidation sites excluding steroid dienone is 1. The zero-order chi connectivity index (χ0) is 19.1. The number of nitro benzene ring substituents is 1. The van der Waals surface area contributed by atoms with E-state index in [1.165, 1.54) is 12.1 Å². The number of ether oxygens (including phenoxy) is 1. The molecule has 1 unspecified atom stereocenters. The Hall–Kier alpha value is -2.35. The summed E-state index contributed by atoms with van der Waals surface area (Å²) >= 11 is 1.58. The molecule has 1 aromatic carbocycles. The van der Waals surface area contributed by atoms with Crippen LogP contribution in [0.4, 0.5) is 5.69 Å². The van der Waals surface area contributed by atoms with E-state index in [1.807, 2.05) is 0 Å². The lowest BCUT2D eigenvalue weighted by Crippen LogP contribution is -2.30. The Morgan fingerprint density at radius 1 is 1.42 bits per heavy atom. The van der Waals surface area contributed by atoms with E-state index in [2.05, 4.69) is 17.2 Å². The van der Waals surface area contributed by atoms with E-state index in [1.54, 1.807) is 37.7 Å². The molecule has 0 aromatic heterocycles. The molecule has 0 radical (unpaired) electrons. The molecule has 0 fully saturated rings. The Bertz CT molecular complexity index is 746. The summed E-state index contributed by atoms with van der Waals surface area (Å²) in [6.45, 7) is 5.90. The second kappa shape index (κ2) is 9.38. The molecule has 0 aliphatic carbocycles. The van der Waals surface area contributed by atoms with Crippen LogP contribution in [-0.2, 0) is 9.53 Å². The summed E-state index contributed by atoms with van der Waals surface area (Å²) in [5.74, 6) is 0.446. The van der Waals surface area contributed by atoms with E-state index in [-0.39, 0.29) is 12.3 Å². The standard InChI is InChI=1S/C18H23N3O4S/c1-4-6-10-26-18-19-12(3)15(17(22)25-5-2)16(20-18)13-8-7-9-14(11-13)21(23)24/h7-9,11,16H,4-6,10H2,1-3H3,(H,19,20). The highest BCUT2D eigenvalue weighted by atomic mass is 32.2. The number of non-ortho nitro benzene ring substituents is 1. The van der Waals surface area contributed by atoms with Crippen molar-refractivity contribution >= 4 is 28.6 Å². The zero-order valence-corrected chi connectivity index (χ0v) is 16.0. The maximum atomic E-state index is 12.4. The number of benzene rings is 1. The number of nitrogens with one attached hydrogen (secondary N) is 1. The third-order valence-corrected chi connectivity index (χ3v) is 4.82. The number of rotatable bonds is 7. The van der Waals surface area contributed by atoms with Crippen molar-refractivity contribution in [2.24, 2.45) is 4.99 Å². The molecule has 0 saturated heterocycles. The highest BCUT2D eigenvalue weighted by Crippen LogP contribution is 2.34. The molecule has 1 aromatic rings. The van der Waals surface area contributed by atoms with Crippen molar-refractivity contribution in [3.8, 4) is 0 Å². The smallest absolute Gasteiger partial charge is 0.338 e. The van der Waals surface area contributed by atoms with E-state index in [0.29, 0.717) is 22.0 Å². The summed E-state index contributed by atoms with van der Waals surface area (Å²) in [6, 6.07) is 5.60. The number of amidine groups is 1. The largest absolute Gasteiger partial charge is 0.463 e. The Kier molecular flexibility index (Phi) is 7.20. The van der Waals surface area contributed by atoms with Crippen LogP contribution in [-0.4, -0.2) is 28.4 Å². The number of thioether (sulfide) groups is 1. The van der Waals surface area contributed by atoms with Gasteiger partial charge in [-0.05, 0) is 25.8 Å². The van der Waals surface area contributed by atoms with Gasteiger partial charge in [-0.25, -0.2) is 9.79 Å². The van der Waals surface area contributed by atoms with Crippen molar-refractivity contribution in [1.82, 2.24) is 5.32 Å². The van der Waals surface area contributed by atoms with Gasteiger partial charge in [-0.3, -0.25) is 10.1 Å². The number of aliphatic imine (C=N–C) groups is 1. The summed E-state index contributed by atoms with van der Waals surface area (Å²) in [7, 11) is 0. The number of carbonyl (C=O) groups is 1. The molecule has 1 atom stereocenters. The number of nitro groups is 1. The van der Waals surface area contributed by atoms with Crippen molar-refractivity contribution in [2.75, 3.05) is 12.4 Å². The molecule has 0 saturated carbocycles. The molecule has 26 heavy (non-hydrogen) atoms. The van der Waals surface area contributed by atoms with Gasteiger partial charge in [0, 0.05) is 23.6 Å². The second-order valence-corrected chi connectivity index (χ2v) is 6.86. The summed E-state index contributed by atoms with van der Waals surface area (Å²) in [6.07, 6.45) is 2.14. The van der Waals surface area contributed by atoms with Gasteiger partial charge in [0.25, 0.3) is 5.69 Å². The zero-order valence-electron chi connectivity index (χ0n) is 15.2. The molecule has 0 amide bonds. The van der Waals surface area contributed by atoms with Gasteiger partial charge in [0.1, 0.15) is 6.04 Å². The first-order chi connectivity index (χ1) is 12.5. The Balaban J connectivity index is 2.41. The molecule has 140 valence electrons. The SMILES string of the molecule is CCCCSC1=NC(c2cccc([N+](=O)[O-])c2)C(C(=O)OCC)=C(C)N1. The lowest BCUT2D eigenvalue weighted by molar-refractivity contribution is -0.384. The van der Waals surface area contributed by atoms with Crippen LogP contribution in [0.1, 0.15) is 45.2 Å². The number of hydrogen-bond donors (Lipinski definition) is 1. The number of hydrogen-bond acceptors (Lipinski definition) is 7. The van der Waals surface area contributed by atoms with Gasteiger partial charge in [-0.2, -0.15) is 0 Å². The van der Waals surface area contributed by atoms with Crippen LogP contribution in [0.2, 0.25) is 0 Å². The van der Waals surface area contributed by atoms with Crippen LogP contribution in [0.15, 0.2) is 40.5 Å². The molecule has 7 nitrogen and oxygen atoms in total. The summed E-state index contributed by atoms with van der Waals surface area (Å²) in [5, 5.41) is 15.0. The van der Waals surface area contributed by atoms with Crippen LogP contribution in [0, 0.1) is 10.1 Å². The maximum absolute atomic E-state index is 12.4. The molecule has 1 N–H and O–H groups in total. The van der Waals surface area contributed by atoms with Crippen LogP contribution in [0.5, 0.6) is 0 Å². The van der Waals surface area contributed by atoms with Crippen molar-refractivity contribution in [1.29, 1.82) is 0 Å². The molecular weight excluding hydrogens is 354 g/mol. The van der Waals surface area contributed by atoms with Crippen LogP contribution in [0.3, 0.4) is 0 Å². The van der Waals surface area contributed by atoms with Crippen molar-refractivity contribution < 1.29 is 14.5 Å². The van der Waals surface area contributed by atoms with Crippen molar-refractivity contribution in [3.05, 3.63) is 51.2 Å². The van der Waals surface area contributed by atoms with Gasteiger partial charge in [0.05, 0.1) is 17.1 Å². The van der Waals surface area contributed by atoms with E-state index in [0.717, 1.165) is 18.6 Å². The van der Waals surface area contributed by atoms with E-state index in [9.17, 15) is 14.9 Å². The van der Waals surface area contributed by atoms with E-state index >= 15 is 0 Å². The minimum atomic E-state index is -0.626. The lowest BCUT2D eigenvalue weighted by atomic mass is 9.96. The maximum Gasteiger partial charge on any atom is 0.338 e. The van der Waals surface area contributed by atoms with Gasteiger partial charge in [0.15, 0.2) is 5.17 Å². The average molecular weight is 377 g/mol. The van der Waals surface area contributed by atoms with Crippen LogP contribution in [0.25, 0.3) is 0 Å². The van der Waals surface area contributed by atoms with E-state index in [4.69, 9.17) is 4.74 Å². The van der Waals surface area contributed by atoms with Crippen LogP contribution >= 0.6 is 11.8 Å². The normalized spacial score (nSPS) is 16.7. The monoisotopic (exact) mass is 377 g/mol. The number of unbranched alkanes of at least 4 members (excludes halogenated alkanes) is 1. The van der Waals surface area contributed by atoms with Gasteiger partial charge in [-0.15, -0.1) is 0 Å². The molecule has 0 spiro atoms. The first kappa shape index (κ1) is 20.0. The average Bonchev–Trinajstić information content (AvgIpc) is 2.61. The van der Waals surface area contributed by atoms with Gasteiger partial charge in [0.2, 0.25) is 0 Å². The Morgan fingerprint density at radius 3 is 2.85 bits per heavy atom. The molecular formula is C18H23N3O4S. The number of nitrogens with zero attached hydrogens (tertiary/aromatic N) is 2. The van der Waals surface area contributed by atoms with Crippen LogP contribution < -0.4 is 5.32 Å². The fourth-order valence-electron chi connectivity index (χ4n) is 2.56. The topological polar surface area (TPSA) is 93.8 Å². The van der Waals surface area contributed by atoms with Gasteiger partial charge in [-0.1, -0.05) is 37.2 Å². The van der Waals surface area contributed by atoms with Crippen molar-refractivity contribution in [3.63, 3.8) is 0 Å². The predicted octanol–water partition coefficient (Wildman–Crippen LogP) is 3.97. The fraction of sp³-hybridized carbons (Fsp3) is 0.444. The third-order valence-electron chi connectivity index (χ3n) is 3.85. The minimum Gasteiger partial charge on any atom is -0.463 e. The predicted molar refractivity (Wildman–Crippen MR) is 103 cm³/mol. The highest BCUT2D eigenvalue weighted by Gasteiger charge is 2.31. The molecule has 1 aliphatic rings. The first-order valence-corrected chi connectivity index (χ1v) is 9.56. The minimum absolute atomic E-state index is 0.0303. The van der Waals surface area contributed by atoms with Crippen molar-refractivity contribution in [2.45, 2.75) is 39.7 Å². The number of carbonyl (C=O) groups excluding carboxylic acids is 1. The summed E-state index contributed by atoms with van der Waals surface area (Å²) < 4.78 is 5.17. The number of esters is 1. The van der Waals surface area contributed by atoms with E-state index < -0.39 is 16.9 Å². The summed E-state index contributed by atoms with van der Waals surface area (Å²) in [4.78, 5) is 27.7. The summed E-state index contributed by atoms with van der Waals surface area (Å²) in [5.41, 5.74) is 1.61.